The van der Waals surface area contributed by atoms with Crippen molar-refractivity contribution in [3.8, 4) is 11.3 Å². The first-order valence-electron chi connectivity index (χ1n) is 11.5. The summed E-state index contributed by atoms with van der Waals surface area (Å²) in [5.41, 5.74) is 1.66. The second-order valence-electron chi connectivity index (χ2n) is 9.11. The van der Waals surface area contributed by atoms with Crippen molar-refractivity contribution in [2.75, 3.05) is 36.5 Å². The Morgan fingerprint density at radius 1 is 1.26 bits per heavy atom. The Labute approximate surface area is 200 Å². The quantitative estimate of drug-likeness (QED) is 0.557. The Balaban J connectivity index is 1.56. The molecule has 0 amide bonds. The molecule has 3 atom stereocenters. The van der Waals surface area contributed by atoms with Gasteiger partial charge in [0.25, 0.3) is 0 Å². The van der Waals surface area contributed by atoms with Gasteiger partial charge in [0, 0.05) is 24.8 Å². The number of anilines is 2. The lowest BCUT2D eigenvalue weighted by Crippen LogP contribution is -2.42. The van der Waals surface area contributed by atoms with Gasteiger partial charge in [0.1, 0.15) is 11.7 Å². The fourth-order valence-electron chi connectivity index (χ4n) is 4.60. The molecule has 2 saturated heterocycles. The van der Waals surface area contributed by atoms with Crippen molar-refractivity contribution in [1.82, 2.24) is 19.5 Å². The van der Waals surface area contributed by atoms with Crippen molar-refractivity contribution in [2.24, 2.45) is 0 Å². The number of fused-ring (bicyclic) bond motifs is 1. The van der Waals surface area contributed by atoms with Gasteiger partial charge in [0.15, 0.2) is 5.82 Å². The van der Waals surface area contributed by atoms with Gasteiger partial charge in [-0.2, -0.15) is 0 Å². The van der Waals surface area contributed by atoms with Crippen LogP contribution in [0.2, 0.25) is 5.02 Å². The fourth-order valence-corrected chi connectivity index (χ4v) is 4.81. The van der Waals surface area contributed by atoms with E-state index in [0.717, 1.165) is 0 Å². The highest BCUT2D eigenvalue weighted by Crippen LogP contribution is 2.35. The van der Waals surface area contributed by atoms with E-state index in [4.69, 9.17) is 16.3 Å². The molecule has 2 N–H and O–H groups in total. The number of nitrogens with one attached hydrogen (secondary N) is 1. The number of imidazole rings is 1. The minimum absolute atomic E-state index is 0.0265. The Kier molecular flexibility index (Phi) is 6.30. The SMILES string of the molecule is CC(C)n1c(N2CC[C@H](F)C2)nc2c(F)cc(-c3nc(N[C@@H]4CCOC[C@H]4O)ncc3Cl)cc21. The standard InChI is InChI=1S/C23H27ClF2N6O2/c1-12(2)32-18-8-13(7-16(26)21(18)30-23(32)31-5-3-14(25)10-31)20-15(24)9-27-22(29-20)28-17-4-6-34-11-19(17)33/h7-9,12,14,17,19,33H,3-6,10-11H2,1-2H3,(H,27,28,29)/t14-,17+,19+/m0/s1. The number of benzene rings is 1. The van der Waals surface area contributed by atoms with E-state index < -0.39 is 18.1 Å². The van der Waals surface area contributed by atoms with Crippen LogP contribution in [0.5, 0.6) is 0 Å². The summed E-state index contributed by atoms with van der Waals surface area (Å²) in [5.74, 6) is 0.342. The number of ether oxygens (including phenoxy) is 1. The van der Waals surface area contributed by atoms with Crippen molar-refractivity contribution in [3.05, 3.63) is 29.2 Å². The van der Waals surface area contributed by atoms with E-state index in [1.54, 1.807) is 6.07 Å². The monoisotopic (exact) mass is 492 g/mol. The van der Waals surface area contributed by atoms with Gasteiger partial charge in [-0.1, -0.05) is 11.6 Å². The fraction of sp³-hybridized carbons (Fsp3) is 0.522. The number of hydrogen-bond donors (Lipinski definition) is 2. The van der Waals surface area contributed by atoms with Gasteiger partial charge >= 0.3 is 0 Å². The van der Waals surface area contributed by atoms with Gasteiger partial charge in [-0.15, -0.1) is 0 Å². The molecule has 0 spiro atoms. The summed E-state index contributed by atoms with van der Waals surface area (Å²) in [4.78, 5) is 15.2. The Morgan fingerprint density at radius 3 is 2.79 bits per heavy atom. The average Bonchev–Trinajstić information content (AvgIpc) is 3.40. The molecule has 0 unspecified atom stereocenters. The highest BCUT2D eigenvalue weighted by Gasteiger charge is 2.29. The number of aromatic nitrogens is 4. The van der Waals surface area contributed by atoms with Crippen LogP contribution in [0.3, 0.4) is 0 Å². The molecule has 0 bridgehead atoms. The molecular weight excluding hydrogens is 466 g/mol. The highest BCUT2D eigenvalue weighted by atomic mass is 35.5. The zero-order valence-electron chi connectivity index (χ0n) is 19.0. The third-order valence-electron chi connectivity index (χ3n) is 6.32. The van der Waals surface area contributed by atoms with Gasteiger partial charge in [0.05, 0.1) is 47.7 Å². The average molecular weight is 493 g/mol. The van der Waals surface area contributed by atoms with E-state index >= 15 is 4.39 Å². The minimum atomic E-state index is -0.916. The second-order valence-corrected chi connectivity index (χ2v) is 9.51. The lowest BCUT2D eigenvalue weighted by Gasteiger charge is -2.28. The number of aliphatic hydroxyl groups excluding tert-OH is 1. The minimum Gasteiger partial charge on any atom is -0.389 e. The van der Waals surface area contributed by atoms with E-state index in [1.165, 1.54) is 12.3 Å². The molecule has 34 heavy (non-hydrogen) atoms. The first-order chi connectivity index (χ1) is 16.3. The molecule has 5 rings (SSSR count). The molecule has 0 radical (unpaired) electrons. The third kappa shape index (κ3) is 4.30. The first kappa shape index (κ1) is 23.2. The van der Waals surface area contributed by atoms with E-state index in [1.807, 2.05) is 23.3 Å². The number of alkyl halides is 1. The molecule has 182 valence electrons. The summed E-state index contributed by atoms with van der Waals surface area (Å²) in [6.07, 6.45) is 0.898. The van der Waals surface area contributed by atoms with Gasteiger partial charge < -0.3 is 24.6 Å². The van der Waals surface area contributed by atoms with Crippen molar-refractivity contribution >= 4 is 34.5 Å². The van der Waals surface area contributed by atoms with Crippen LogP contribution in [0.15, 0.2) is 18.3 Å². The van der Waals surface area contributed by atoms with Crippen molar-refractivity contribution in [2.45, 2.75) is 51.0 Å². The normalized spacial score (nSPS) is 23.3. The van der Waals surface area contributed by atoms with Crippen LogP contribution in [0.4, 0.5) is 20.7 Å². The summed E-state index contributed by atoms with van der Waals surface area (Å²) in [6, 6.07) is 2.87. The van der Waals surface area contributed by atoms with Crippen LogP contribution in [0.25, 0.3) is 22.3 Å². The lowest BCUT2D eigenvalue weighted by atomic mass is 10.1. The topological polar surface area (TPSA) is 88.3 Å². The van der Waals surface area contributed by atoms with Crippen molar-refractivity contribution in [1.29, 1.82) is 0 Å². The van der Waals surface area contributed by atoms with Crippen LogP contribution in [-0.4, -0.2) is 69.2 Å². The highest BCUT2D eigenvalue weighted by molar-refractivity contribution is 6.33. The van der Waals surface area contributed by atoms with Gasteiger partial charge in [-0.05, 0) is 38.8 Å². The number of rotatable bonds is 5. The molecule has 3 aromatic rings. The predicted molar refractivity (Wildman–Crippen MR) is 127 cm³/mol. The summed E-state index contributed by atoms with van der Waals surface area (Å²) in [7, 11) is 0. The predicted octanol–water partition coefficient (Wildman–Crippen LogP) is 3.98. The van der Waals surface area contributed by atoms with Gasteiger partial charge in [-0.3, -0.25) is 0 Å². The molecule has 0 saturated carbocycles. The second kappa shape index (κ2) is 9.24. The van der Waals surface area contributed by atoms with Crippen LogP contribution in [0, 0.1) is 5.82 Å². The molecule has 2 aliphatic heterocycles. The lowest BCUT2D eigenvalue weighted by molar-refractivity contribution is -0.0136. The van der Waals surface area contributed by atoms with E-state index in [-0.39, 0.29) is 41.7 Å². The molecule has 11 heteroatoms. The molecule has 2 aliphatic rings. The maximum Gasteiger partial charge on any atom is 0.223 e. The van der Waals surface area contributed by atoms with Crippen LogP contribution in [0.1, 0.15) is 32.7 Å². The zero-order valence-corrected chi connectivity index (χ0v) is 19.8. The largest absolute Gasteiger partial charge is 0.389 e. The van der Waals surface area contributed by atoms with Crippen LogP contribution < -0.4 is 10.2 Å². The van der Waals surface area contributed by atoms with Crippen LogP contribution >= 0.6 is 11.6 Å². The Morgan fingerprint density at radius 2 is 2.09 bits per heavy atom. The molecule has 8 nitrogen and oxygen atoms in total. The van der Waals surface area contributed by atoms with Crippen molar-refractivity contribution < 1.29 is 18.6 Å². The molecule has 4 heterocycles. The summed E-state index contributed by atoms with van der Waals surface area (Å²) >= 11 is 6.42. The molecule has 2 fully saturated rings. The number of aliphatic hydroxyl groups is 1. The maximum absolute atomic E-state index is 15.3. The Bertz CT molecular complexity index is 1210. The van der Waals surface area contributed by atoms with Crippen molar-refractivity contribution in [3.63, 3.8) is 0 Å². The number of halogens is 3. The van der Waals surface area contributed by atoms with E-state index in [0.29, 0.717) is 48.7 Å². The molecule has 2 aromatic heterocycles. The first-order valence-corrected chi connectivity index (χ1v) is 11.9. The molecule has 1 aromatic carbocycles. The maximum atomic E-state index is 15.3. The summed E-state index contributed by atoms with van der Waals surface area (Å²) < 4.78 is 36.4. The Hall–Kier alpha value is -2.56. The van der Waals surface area contributed by atoms with Gasteiger partial charge in [-0.25, -0.2) is 23.7 Å². The summed E-state index contributed by atoms with van der Waals surface area (Å²) in [5, 5.41) is 13.6. The van der Waals surface area contributed by atoms with E-state index in [9.17, 15) is 9.50 Å². The number of nitrogens with zero attached hydrogens (tertiary/aromatic N) is 5. The molecule has 0 aliphatic carbocycles. The van der Waals surface area contributed by atoms with Crippen LogP contribution in [-0.2, 0) is 4.74 Å². The van der Waals surface area contributed by atoms with Gasteiger partial charge in [0.2, 0.25) is 11.9 Å². The molecular formula is C23H27ClF2N6O2. The van der Waals surface area contributed by atoms with E-state index in [2.05, 4.69) is 20.3 Å². The third-order valence-corrected chi connectivity index (χ3v) is 6.59. The smallest absolute Gasteiger partial charge is 0.223 e. The number of hydrogen-bond acceptors (Lipinski definition) is 7. The summed E-state index contributed by atoms with van der Waals surface area (Å²) in [6.45, 7) is 5.51. The zero-order chi connectivity index (χ0) is 24.0.